The van der Waals surface area contributed by atoms with E-state index in [1.54, 1.807) is 31.3 Å². The summed E-state index contributed by atoms with van der Waals surface area (Å²) < 4.78 is 31.4. The van der Waals surface area contributed by atoms with Crippen LogP contribution in [0.5, 0.6) is 0 Å². The summed E-state index contributed by atoms with van der Waals surface area (Å²) in [6.07, 6.45) is 1.26. The molecule has 1 saturated heterocycles. The van der Waals surface area contributed by atoms with Crippen molar-refractivity contribution in [3.05, 3.63) is 42.3 Å². The molecule has 1 saturated carbocycles. The summed E-state index contributed by atoms with van der Waals surface area (Å²) in [4.78, 5) is 26.8. The molecular formula is C21H20F2N6O3. The molecule has 9 nitrogen and oxygen atoms in total. The van der Waals surface area contributed by atoms with E-state index < -0.39 is 17.4 Å². The second-order valence-electron chi connectivity index (χ2n) is 8.19. The Morgan fingerprint density at radius 3 is 2.56 bits per heavy atom. The number of likely N-dealkylation sites (N-methyl/N-ethyl adjacent to an activating group) is 1. The van der Waals surface area contributed by atoms with Crippen molar-refractivity contribution in [1.82, 2.24) is 25.0 Å². The Morgan fingerprint density at radius 2 is 1.88 bits per heavy atom. The van der Waals surface area contributed by atoms with Crippen molar-refractivity contribution in [2.75, 3.05) is 18.9 Å². The van der Waals surface area contributed by atoms with Gasteiger partial charge in [-0.3, -0.25) is 4.79 Å². The summed E-state index contributed by atoms with van der Waals surface area (Å²) in [5.74, 6) is -2.75. The number of rotatable bonds is 5. The number of aliphatic hydroxyl groups is 1. The monoisotopic (exact) mass is 442 g/mol. The molecule has 3 aromatic heterocycles. The van der Waals surface area contributed by atoms with Gasteiger partial charge in [-0.05, 0) is 18.2 Å². The second-order valence-corrected chi connectivity index (χ2v) is 8.19. The van der Waals surface area contributed by atoms with Crippen LogP contribution in [0.3, 0.4) is 0 Å². The summed E-state index contributed by atoms with van der Waals surface area (Å²) in [6, 6.07) is 8.03. The van der Waals surface area contributed by atoms with Gasteiger partial charge in [0.05, 0.1) is 17.1 Å². The van der Waals surface area contributed by atoms with Crippen molar-refractivity contribution in [1.29, 1.82) is 0 Å². The Kier molecular flexibility index (Phi) is 4.66. The fraction of sp³-hybridized carbons (Fsp3) is 0.381. The number of hydrogen-bond donors (Lipinski definition) is 2. The SMILES string of the molecule is CN1CCC(O)(c2cc(-c3cccc(-c4ccnc(NC5CC(F)(F)C5)n4)n3)no2)C1=O. The van der Waals surface area contributed by atoms with Crippen LogP contribution < -0.4 is 5.32 Å². The fourth-order valence-electron chi connectivity index (χ4n) is 3.91. The van der Waals surface area contributed by atoms with Crippen molar-refractivity contribution in [2.45, 2.75) is 36.8 Å². The van der Waals surface area contributed by atoms with Gasteiger partial charge in [0, 0.05) is 51.2 Å². The lowest BCUT2D eigenvalue weighted by molar-refractivity contribution is -0.144. The number of anilines is 1. The Hall–Kier alpha value is -3.47. The zero-order valence-electron chi connectivity index (χ0n) is 17.1. The minimum Gasteiger partial charge on any atom is -0.373 e. The first-order chi connectivity index (χ1) is 15.2. The van der Waals surface area contributed by atoms with Crippen molar-refractivity contribution in [3.8, 4) is 22.8 Å². The molecule has 3 aromatic rings. The van der Waals surface area contributed by atoms with Gasteiger partial charge in [-0.15, -0.1) is 0 Å². The van der Waals surface area contributed by atoms with Gasteiger partial charge in [-0.2, -0.15) is 0 Å². The van der Waals surface area contributed by atoms with Gasteiger partial charge < -0.3 is 19.8 Å². The number of alkyl halides is 2. The van der Waals surface area contributed by atoms with Crippen molar-refractivity contribution >= 4 is 11.9 Å². The topological polar surface area (TPSA) is 117 Å². The molecule has 0 bridgehead atoms. The summed E-state index contributed by atoms with van der Waals surface area (Å²) >= 11 is 0. The summed E-state index contributed by atoms with van der Waals surface area (Å²) in [5.41, 5.74) is 0.119. The molecule has 0 radical (unpaired) electrons. The number of carbonyl (C=O) groups excluding carboxylic acids is 1. The van der Waals surface area contributed by atoms with Crippen LogP contribution >= 0.6 is 0 Å². The number of amides is 1. The largest absolute Gasteiger partial charge is 0.373 e. The van der Waals surface area contributed by atoms with Crippen LogP contribution in [0.2, 0.25) is 0 Å². The van der Waals surface area contributed by atoms with Crippen LogP contribution in [0.25, 0.3) is 22.8 Å². The molecule has 1 aliphatic carbocycles. The molecule has 1 atom stereocenters. The average molecular weight is 442 g/mol. The van der Waals surface area contributed by atoms with Crippen molar-refractivity contribution < 1.29 is 23.2 Å². The van der Waals surface area contributed by atoms with Gasteiger partial charge in [0.15, 0.2) is 5.76 Å². The van der Waals surface area contributed by atoms with E-state index in [-0.39, 0.29) is 37.0 Å². The summed E-state index contributed by atoms with van der Waals surface area (Å²) in [7, 11) is 1.62. The third-order valence-corrected chi connectivity index (χ3v) is 5.78. The predicted octanol–water partition coefficient (Wildman–Crippen LogP) is 2.45. The van der Waals surface area contributed by atoms with Crippen LogP contribution in [-0.2, 0) is 10.4 Å². The molecule has 0 spiro atoms. The third kappa shape index (κ3) is 3.58. The Bertz CT molecular complexity index is 1180. The highest BCUT2D eigenvalue weighted by atomic mass is 19.3. The fourth-order valence-corrected chi connectivity index (χ4v) is 3.91. The normalized spacial score (nSPS) is 22.8. The van der Waals surface area contributed by atoms with Crippen LogP contribution in [0.1, 0.15) is 25.0 Å². The van der Waals surface area contributed by atoms with Crippen LogP contribution in [-0.4, -0.2) is 61.6 Å². The molecule has 32 heavy (non-hydrogen) atoms. The molecule has 166 valence electrons. The molecule has 2 fully saturated rings. The summed E-state index contributed by atoms with van der Waals surface area (Å²) in [6.45, 7) is 0.418. The molecule has 2 aliphatic rings. The average Bonchev–Trinajstić information content (AvgIpc) is 3.35. The smallest absolute Gasteiger partial charge is 0.262 e. The van der Waals surface area contributed by atoms with Gasteiger partial charge in [-0.25, -0.2) is 23.7 Å². The van der Waals surface area contributed by atoms with E-state index in [1.807, 2.05) is 0 Å². The first-order valence-corrected chi connectivity index (χ1v) is 10.1. The standard InChI is InChI=1S/C21H20F2N6O3/c1-29-8-6-21(31,18(29)30)17-9-16(28-32-17)14-4-2-3-13(26-14)15-5-7-24-19(27-15)25-12-10-20(22,23)11-12/h2-5,7,9,12,31H,6,8,10-11H2,1H3,(H,24,25,27). The van der Waals surface area contributed by atoms with E-state index in [2.05, 4.69) is 25.4 Å². The van der Waals surface area contributed by atoms with Gasteiger partial charge in [0.2, 0.25) is 11.5 Å². The highest BCUT2D eigenvalue weighted by Gasteiger charge is 2.48. The quantitative estimate of drug-likeness (QED) is 0.619. The maximum absolute atomic E-state index is 13.1. The van der Waals surface area contributed by atoms with E-state index >= 15 is 0 Å². The Labute approximate surface area is 181 Å². The number of carbonyl (C=O) groups is 1. The van der Waals surface area contributed by atoms with Crippen molar-refractivity contribution in [2.24, 2.45) is 0 Å². The minimum absolute atomic E-state index is 0.0693. The maximum atomic E-state index is 13.1. The molecule has 0 aromatic carbocycles. The lowest BCUT2D eigenvalue weighted by Gasteiger charge is -2.35. The van der Waals surface area contributed by atoms with E-state index in [1.165, 1.54) is 17.2 Å². The molecule has 1 amide bonds. The zero-order valence-corrected chi connectivity index (χ0v) is 17.1. The number of pyridine rings is 1. The first kappa shape index (κ1) is 20.4. The lowest BCUT2D eigenvalue weighted by atomic mass is 9.88. The highest BCUT2D eigenvalue weighted by molar-refractivity contribution is 5.87. The molecule has 2 N–H and O–H groups in total. The number of nitrogens with one attached hydrogen (secondary N) is 1. The van der Waals surface area contributed by atoms with Gasteiger partial charge in [0.25, 0.3) is 11.8 Å². The van der Waals surface area contributed by atoms with Gasteiger partial charge in [-0.1, -0.05) is 11.2 Å². The molecule has 4 heterocycles. The predicted molar refractivity (Wildman–Crippen MR) is 109 cm³/mol. The Balaban J connectivity index is 1.38. The van der Waals surface area contributed by atoms with Gasteiger partial charge >= 0.3 is 0 Å². The number of nitrogens with zero attached hydrogens (tertiary/aromatic N) is 5. The van der Waals surface area contributed by atoms with Crippen LogP contribution in [0.4, 0.5) is 14.7 Å². The highest BCUT2D eigenvalue weighted by Crippen LogP contribution is 2.39. The van der Waals surface area contributed by atoms with Gasteiger partial charge in [0.1, 0.15) is 5.69 Å². The summed E-state index contributed by atoms with van der Waals surface area (Å²) in [5, 5.41) is 17.6. The molecule has 1 unspecified atom stereocenters. The molecule has 1 aliphatic heterocycles. The van der Waals surface area contributed by atoms with E-state index in [0.717, 1.165) is 0 Å². The van der Waals surface area contributed by atoms with Crippen LogP contribution in [0.15, 0.2) is 41.1 Å². The van der Waals surface area contributed by atoms with E-state index in [4.69, 9.17) is 4.52 Å². The minimum atomic E-state index is -2.63. The molecule has 11 heteroatoms. The Morgan fingerprint density at radius 1 is 1.16 bits per heavy atom. The number of hydrogen-bond acceptors (Lipinski definition) is 8. The lowest BCUT2D eigenvalue weighted by Crippen LogP contribution is -2.44. The molecular weight excluding hydrogens is 422 g/mol. The van der Waals surface area contributed by atoms with Crippen molar-refractivity contribution in [3.63, 3.8) is 0 Å². The van der Waals surface area contributed by atoms with E-state index in [0.29, 0.717) is 29.3 Å². The maximum Gasteiger partial charge on any atom is 0.262 e. The second kappa shape index (κ2) is 7.30. The number of aromatic nitrogens is 4. The number of likely N-dealkylation sites (tertiary alicyclic amines) is 1. The third-order valence-electron chi connectivity index (χ3n) is 5.78. The first-order valence-electron chi connectivity index (χ1n) is 10.1. The number of halogens is 2. The van der Waals surface area contributed by atoms with Crippen LogP contribution in [0, 0.1) is 0 Å². The molecule has 5 rings (SSSR count). The zero-order chi connectivity index (χ0) is 22.5. The van der Waals surface area contributed by atoms with E-state index in [9.17, 15) is 18.7 Å².